The van der Waals surface area contributed by atoms with Crippen LogP contribution in [0.4, 0.5) is 0 Å². The molecule has 0 atom stereocenters. The number of methoxy groups -OCH3 is 1. The van der Waals surface area contributed by atoms with Crippen molar-refractivity contribution in [2.24, 2.45) is 7.05 Å². The average Bonchev–Trinajstić information content (AvgIpc) is 3.22. The fraction of sp³-hybridized carbons (Fsp3) is 0.400. The molecule has 0 unspecified atom stereocenters. The number of carbonyl (C=O) groups excluding carboxylic acids is 1. The van der Waals surface area contributed by atoms with Gasteiger partial charge in [0.05, 0.1) is 12.8 Å². The third-order valence-electron chi connectivity index (χ3n) is 4.58. The summed E-state index contributed by atoms with van der Waals surface area (Å²) >= 11 is 0. The lowest BCUT2D eigenvalue weighted by Crippen LogP contribution is -2.18. The Bertz CT molecular complexity index is 786. The monoisotopic (exact) mass is 339 g/mol. The van der Waals surface area contributed by atoms with E-state index in [1.165, 1.54) is 12.8 Å². The minimum Gasteiger partial charge on any atom is -0.496 e. The van der Waals surface area contributed by atoms with Gasteiger partial charge in [-0.2, -0.15) is 5.10 Å². The third kappa shape index (κ3) is 4.17. The Morgan fingerprint density at radius 3 is 2.68 bits per heavy atom. The third-order valence-corrected chi connectivity index (χ3v) is 4.58. The molecule has 0 aliphatic carbocycles. The van der Waals surface area contributed by atoms with E-state index < -0.39 is 0 Å². The van der Waals surface area contributed by atoms with E-state index in [9.17, 15) is 4.79 Å². The lowest BCUT2D eigenvalue weighted by Gasteiger charge is -2.17. The summed E-state index contributed by atoms with van der Waals surface area (Å²) in [6.07, 6.45) is 6.00. The van der Waals surface area contributed by atoms with Gasteiger partial charge >= 0.3 is 0 Å². The summed E-state index contributed by atoms with van der Waals surface area (Å²) in [6, 6.07) is 7.86. The average molecular weight is 339 g/mol. The first-order valence-corrected chi connectivity index (χ1v) is 8.69. The zero-order valence-electron chi connectivity index (χ0n) is 15.2. The summed E-state index contributed by atoms with van der Waals surface area (Å²) in [5.74, 6) is 0.859. The van der Waals surface area contributed by atoms with E-state index in [0.717, 1.165) is 42.2 Å². The summed E-state index contributed by atoms with van der Waals surface area (Å²) in [7, 11) is 3.49. The van der Waals surface area contributed by atoms with Crippen LogP contribution in [0, 0.1) is 6.92 Å². The number of aryl methyl sites for hydroxylation is 2. The quantitative estimate of drug-likeness (QED) is 0.599. The second-order valence-corrected chi connectivity index (χ2v) is 6.55. The summed E-state index contributed by atoms with van der Waals surface area (Å²) < 4.78 is 7.11. The molecule has 0 spiro atoms. The molecule has 0 amide bonds. The number of carbonyl (C=O) groups is 1. The molecule has 5 nitrogen and oxygen atoms in total. The molecule has 3 rings (SSSR count). The number of ketones is 1. The number of hydrogen-bond donors (Lipinski definition) is 0. The molecule has 5 heteroatoms. The van der Waals surface area contributed by atoms with Gasteiger partial charge in [-0.3, -0.25) is 14.4 Å². The van der Waals surface area contributed by atoms with Gasteiger partial charge in [0, 0.05) is 19.2 Å². The molecule has 1 fully saturated rings. The van der Waals surface area contributed by atoms with Gasteiger partial charge in [-0.15, -0.1) is 0 Å². The van der Waals surface area contributed by atoms with E-state index in [0.29, 0.717) is 5.69 Å². The highest BCUT2D eigenvalue weighted by molar-refractivity contribution is 6.05. The number of allylic oxidation sites excluding steroid dienone is 1. The van der Waals surface area contributed by atoms with Gasteiger partial charge in [-0.25, -0.2) is 0 Å². The first-order chi connectivity index (χ1) is 12.1. The predicted octanol–water partition coefficient (Wildman–Crippen LogP) is 3.23. The summed E-state index contributed by atoms with van der Waals surface area (Å²) in [5.41, 5.74) is 3.61. The van der Waals surface area contributed by atoms with Crippen LogP contribution in [0.1, 0.15) is 40.2 Å². The smallest absolute Gasteiger partial charge is 0.203 e. The normalized spacial score (nSPS) is 15.2. The summed E-state index contributed by atoms with van der Waals surface area (Å²) in [5, 5.41) is 4.22. The molecule has 1 aliphatic heterocycles. The minimum atomic E-state index is -0.0417. The predicted molar refractivity (Wildman–Crippen MR) is 98.8 cm³/mol. The Kier molecular flexibility index (Phi) is 5.34. The van der Waals surface area contributed by atoms with Crippen molar-refractivity contribution < 1.29 is 9.53 Å². The Hall–Kier alpha value is -2.40. The van der Waals surface area contributed by atoms with Crippen molar-refractivity contribution in [3.63, 3.8) is 0 Å². The Labute approximate surface area is 148 Å². The van der Waals surface area contributed by atoms with Crippen molar-refractivity contribution >= 4 is 11.9 Å². The number of nitrogens with zero attached hydrogens (tertiary/aromatic N) is 3. The number of likely N-dealkylation sites (tertiary alicyclic amines) is 1. The molecule has 2 heterocycles. The molecule has 132 valence electrons. The van der Waals surface area contributed by atoms with E-state index in [-0.39, 0.29) is 5.78 Å². The number of rotatable bonds is 6. The summed E-state index contributed by atoms with van der Waals surface area (Å²) in [6.45, 7) is 5.05. The van der Waals surface area contributed by atoms with Gasteiger partial charge in [0.1, 0.15) is 11.4 Å². The van der Waals surface area contributed by atoms with Crippen molar-refractivity contribution in [2.45, 2.75) is 26.3 Å². The Morgan fingerprint density at radius 1 is 1.28 bits per heavy atom. The minimum absolute atomic E-state index is 0.0417. The fourth-order valence-corrected chi connectivity index (χ4v) is 3.31. The number of hydrogen-bond acceptors (Lipinski definition) is 4. The van der Waals surface area contributed by atoms with E-state index in [1.54, 1.807) is 31.0 Å². The lowest BCUT2D eigenvalue weighted by molar-refractivity contribution is 0.103. The number of ether oxygens (including phenoxy) is 1. The van der Waals surface area contributed by atoms with Crippen LogP contribution >= 0.6 is 0 Å². The lowest BCUT2D eigenvalue weighted by atomic mass is 10.1. The second-order valence-electron chi connectivity index (χ2n) is 6.55. The zero-order chi connectivity index (χ0) is 17.8. The second kappa shape index (κ2) is 7.66. The van der Waals surface area contributed by atoms with Crippen LogP contribution in [0.15, 0.2) is 30.3 Å². The molecule has 1 saturated heterocycles. The van der Waals surface area contributed by atoms with Gasteiger partial charge in [-0.1, -0.05) is 12.1 Å². The van der Waals surface area contributed by atoms with Crippen molar-refractivity contribution in [2.75, 3.05) is 20.2 Å². The largest absolute Gasteiger partial charge is 0.496 e. The molecule has 1 aromatic heterocycles. The summed E-state index contributed by atoms with van der Waals surface area (Å²) in [4.78, 5) is 14.8. The van der Waals surface area contributed by atoms with Gasteiger partial charge in [0.15, 0.2) is 0 Å². The van der Waals surface area contributed by atoms with Crippen molar-refractivity contribution in [1.82, 2.24) is 14.7 Å². The van der Waals surface area contributed by atoms with E-state index >= 15 is 0 Å². The molecular formula is C20H25N3O2. The van der Waals surface area contributed by atoms with E-state index in [1.807, 2.05) is 25.1 Å². The molecule has 0 bridgehead atoms. The first-order valence-electron chi connectivity index (χ1n) is 8.69. The van der Waals surface area contributed by atoms with Gasteiger partial charge in [-0.05, 0) is 62.7 Å². The SMILES string of the molecule is COc1ccc(/C=C/C(=O)c2cc(C)nn2C)cc1CN1CCCC1. The van der Waals surface area contributed by atoms with Crippen molar-refractivity contribution in [3.8, 4) is 5.75 Å². The Morgan fingerprint density at radius 2 is 2.04 bits per heavy atom. The van der Waals surface area contributed by atoms with Crippen LogP contribution in [0.2, 0.25) is 0 Å². The number of aromatic nitrogens is 2. The molecule has 1 aromatic carbocycles. The van der Waals surface area contributed by atoms with E-state index in [2.05, 4.69) is 16.1 Å². The zero-order valence-corrected chi connectivity index (χ0v) is 15.2. The van der Waals surface area contributed by atoms with Crippen LogP contribution in [0.3, 0.4) is 0 Å². The van der Waals surface area contributed by atoms with Gasteiger partial charge in [0.25, 0.3) is 0 Å². The first kappa shape index (κ1) is 17.4. The van der Waals surface area contributed by atoms with Gasteiger partial charge in [0.2, 0.25) is 5.78 Å². The Balaban J connectivity index is 1.77. The fourth-order valence-electron chi connectivity index (χ4n) is 3.31. The molecule has 1 aliphatic rings. The van der Waals surface area contributed by atoms with Crippen LogP contribution in [-0.2, 0) is 13.6 Å². The maximum Gasteiger partial charge on any atom is 0.203 e. The molecule has 0 radical (unpaired) electrons. The van der Waals surface area contributed by atoms with Crippen LogP contribution in [0.25, 0.3) is 6.08 Å². The number of benzene rings is 1. The standard InChI is InChI=1S/C20H25N3O2/c1-15-12-18(22(2)21-15)19(24)8-6-16-7-9-20(25-3)17(13-16)14-23-10-4-5-11-23/h6-9,12-13H,4-5,10-11,14H2,1-3H3/b8-6+. The highest BCUT2D eigenvalue weighted by atomic mass is 16.5. The molecular weight excluding hydrogens is 314 g/mol. The maximum absolute atomic E-state index is 12.4. The van der Waals surface area contributed by atoms with E-state index in [4.69, 9.17) is 4.74 Å². The van der Waals surface area contributed by atoms with Crippen LogP contribution in [-0.4, -0.2) is 40.7 Å². The highest BCUT2D eigenvalue weighted by Gasteiger charge is 2.14. The molecule has 0 saturated carbocycles. The molecule has 2 aromatic rings. The van der Waals surface area contributed by atoms with Crippen molar-refractivity contribution in [3.05, 3.63) is 52.9 Å². The topological polar surface area (TPSA) is 47.4 Å². The van der Waals surface area contributed by atoms with Gasteiger partial charge < -0.3 is 4.74 Å². The molecule has 0 N–H and O–H groups in total. The van der Waals surface area contributed by atoms with Crippen molar-refractivity contribution in [1.29, 1.82) is 0 Å². The molecule has 25 heavy (non-hydrogen) atoms. The van der Waals surface area contributed by atoms with Crippen LogP contribution < -0.4 is 4.74 Å². The highest BCUT2D eigenvalue weighted by Crippen LogP contribution is 2.24. The van der Waals surface area contributed by atoms with Crippen LogP contribution in [0.5, 0.6) is 5.75 Å². The maximum atomic E-state index is 12.4.